The van der Waals surface area contributed by atoms with Gasteiger partial charge >= 0.3 is 0 Å². The van der Waals surface area contributed by atoms with Crippen molar-refractivity contribution in [1.29, 1.82) is 0 Å². The SMILES string of the molecule is c1ccc2c(CCC3c4cc5c(cc4CCN3Cc3cncnc3)ONO5)c[nH]c2c1. The molecule has 0 radical (unpaired) electrons. The fourth-order valence-corrected chi connectivity index (χ4v) is 4.84. The molecule has 0 amide bonds. The van der Waals surface area contributed by atoms with E-state index in [1.165, 1.54) is 27.6 Å². The Morgan fingerprint density at radius 3 is 2.81 bits per heavy atom. The van der Waals surface area contributed by atoms with Crippen LogP contribution in [0.4, 0.5) is 0 Å². The fourth-order valence-electron chi connectivity index (χ4n) is 4.84. The summed E-state index contributed by atoms with van der Waals surface area (Å²) in [5, 5.41) is 1.30. The Bertz CT molecular complexity index is 1220. The van der Waals surface area contributed by atoms with Gasteiger partial charge in [-0.15, -0.1) is 0 Å². The molecule has 6 rings (SSSR count). The molecule has 0 saturated heterocycles. The maximum absolute atomic E-state index is 5.46. The van der Waals surface area contributed by atoms with Crippen LogP contribution in [0.2, 0.25) is 0 Å². The van der Waals surface area contributed by atoms with Crippen molar-refractivity contribution in [2.75, 3.05) is 6.54 Å². The van der Waals surface area contributed by atoms with Crippen LogP contribution >= 0.6 is 0 Å². The molecule has 0 saturated carbocycles. The lowest BCUT2D eigenvalue weighted by molar-refractivity contribution is 0.0259. The molecule has 1 unspecified atom stereocenters. The van der Waals surface area contributed by atoms with Crippen LogP contribution in [0.25, 0.3) is 10.9 Å². The first-order valence-corrected chi connectivity index (χ1v) is 10.6. The zero-order valence-corrected chi connectivity index (χ0v) is 17.0. The second-order valence-electron chi connectivity index (χ2n) is 8.17. The minimum Gasteiger partial charge on any atom is -0.370 e. The predicted molar refractivity (Wildman–Crippen MR) is 116 cm³/mol. The molecule has 4 heterocycles. The van der Waals surface area contributed by atoms with Crippen LogP contribution in [0.3, 0.4) is 0 Å². The highest BCUT2D eigenvalue weighted by Gasteiger charge is 2.30. The minimum absolute atomic E-state index is 0.270. The number of nitrogens with one attached hydrogen (secondary N) is 2. The number of nitrogens with zero attached hydrogens (tertiary/aromatic N) is 3. The summed E-state index contributed by atoms with van der Waals surface area (Å²) in [6.07, 6.45) is 10.5. The molecule has 0 bridgehead atoms. The van der Waals surface area contributed by atoms with Crippen molar-refractivity contribution in [2.45, 2.75) is 31.8 Å². The Labute approximate surface area is 179 Å². The van der Waals surface area contributed by atoms with Gasteiger partial charge in [-0.05, 0) is 54.2 Å². The third kappa shape index (κ3) is 3.41. The molecule has 0 fully saturated rings. The molecule has 7 heteroatoms. The van der Waals surface area contributed by atoms with Crippen LogP contribution < -0.4 is 15.3 Å². The molecule has 156 valence electrons. The van der Waals surface area contributed by atoms with Gasteiger partial charge in [-0.25, -0.2) is 9.97 Å². The summed E-state index contributed by atoms with van der Waals surface area (Å²) in [5.41, 5.74) is 8.83. The van der Waals surface area contributed by atoms with Crippen LogP contribution in [-0.2, 0) is 19.4 Å². The average Bonchev–Trinajstić information content (AvgIpc) is 3.44. The topological polar surface area (TPSA) is 75.3 Å². The van der Waals surface area contributed by atoms with E-state index in [1.807, 2.05) is 12.4 Å². The first-order chi connectivity index (χ1) is 15.3. The zero-order chi connectivity index (χ0) is 20.6. The third-order valence-corrected chi connectivity index (χ3v) is 6.34. The number of aryl methyl sites for hydroxylation is 1. The van der Waals surface area contributed by atoms with Gasteiger partial charge < -0.3 is 14.7 Å². The Morgan fingerprint density at radius 2 is 1.90 bits per heavy atom. The highest BCUT2D eigenvalue weighted by atomic mass is 16.9. The summed E-state index contributed by atoms with van der Waals surface area (Å²) in [5.74, 6) is 1.51. The van der Waals surface area contributed by atoms with Gasteiger partial charge in [0.05, 0.1) is 0 Å². The summed E-state index contributed by atoms with van der Waals surface area (Å²) in [7, 11) is 0. The Balaban J connectivity index is 1.33. The van der Waals surface area contributed by atoms with Gasteiger partial charge in [-0.1, -0.05) is 18.2 Å². The number of hydrogen-bond donors (Lipinski definition) is 2. The first kappa shape index (κ1) is 18.4. The van der Waals surface area contributed by atoms with Crippen molar-refractivity contribution >= 4 is 10.9 Å². The lowest BCUT2D eigenvalue weighted by Gasteiger charge is -2.37. The van der Waals surface area contributed by atoms with Crippen molar-refractivity contribution in [3.63, 3.8) is 0 Å². The molecular weight excluding hydrogens is 390 g/mol. The van der Waals surface area contributed by atoms with E-state index in [0.29, 0.717) is 0 Å². The first-order valence-electron chi connectivity index (χ1n) is 10.6. The average molecular weight is 413 g/mol. The van der Waals surface area contributed by atoms with E-state index in [2.05, 4.69) is 68.1 Å². The lowest BCUT2D eigenvalue weighted by Crippen LogP contribution is -2.35. The molecule has 2 aliphatic heterocycles. The van der Waals surface area contributed by atoms with E-state index in [4.69, 9.17) is 9.68 Å². The molecule has 1 atom stereocenters. The number of aromatic nitrogens is 3. The van der Waals surface area contributed by atoms with E-state index in [-0.39, 0.29) is 6.04 Å². The Hall–Kier alpha value is -3.42. The van der Waals surface area contributed by atoms with Crippen molar-refractivity contribution in [1.82, 2.24) is 25.5 Å². The van der Waals surface area contributed by atoms with Crippen LogP contribution in [0, 0.1) is 0 Å². The normalized spacial score (nSPS) is 17.7. The highest BCUT2D eigenvalue weighted by molar-refractivity contribution is 5.83. The van der Waals surface area contributed by atoms with Crippen molar-refractivity contribution < 1.29 is 9.68 Å². The van der Waals surface area contributed by atoms with Crippen LogP contribution in [0.15, 0.2) is 61.3 Å². The van der Waals surface area contributed by atoms with Gasteiger partial charge in [0, 0.05) is 59.8 Å². The summed E-state index contributed by atoms with van der Waals surface area (Å²) in [6, 6.07) is 13.0. The Kier molecular flexibility index (Phi) is 4.55. The van der Waals surface area contributed by atoms with Crippen LogP contribution in [-0.4, -0.2) is 26.4 Å². The second kappa shape index (κ2) is 7.68. The molecule has 2 aliphatic rings. The predicted octanol–water partition coefficient (Wildman–Crippen LogP) is 3.88. The lowest BCUT2D eigenvalue weighted by atomic mass is 9.88. The number of rotatable bonds is 5. The zero-order valence-electron chi connectivity index (χ0n) is 17.0. The largest absolute Gasteiger partial charge is 0.370 e. The number of benzene rings is 2. The molecule has 31 heavy (non-hydrogen) atoms. The van der Waals surface area contributed by atoms with E-state index in [1.54, 1.807) is 6.33 Å². The van der Waals surface area contributed by atoms with Crippen LogP contribution in [0.1, 0.15) is 34.7 Å². The molecule has 4 aromatic rings. The van der Waals surface area contributed by atoms with Gasteiger partial charge in [-0.3, -0.25) is 4.90 Å². The van der Waals surface area contributed by atoms with Gasteiger partial charge in [0.15, 0.2) is 11.5 Å². The maximum atomic E-state index is 5.46. The third-order valence-electron chi connectivity index (χ3n) is 6.34. The van der Waals surface area contributed by atoms with Gasteiger partial charge in [0.2, 0.25) is 0 Å². The fraction of sp³-hybridized carbons (Fsp3) is 0.250. The van der Waals surface area contributed by atoms with Gasteiger partial charge in [0.25, 0.3) is 0 Å². The number of aromatic amines is 1. The van der Waals surface area contributed by atoms with E-state index in [9.17, 15) is 0 Å². The number of H-pyrrole nitrogens is 1. The second-order valence-corrected chi connectivity index (χ2v) is 8.17. The highest BCUT2D eigenvalue weighted by Crippen LogP contribution is 2.41. The molecular formula is C24H23N5O2. The maximum Gasteiger partial charge on any atom is 0.196 e. The molecule has 0 aliphatic carbocycles. The number of fused-ring (bicyclic) bond motifs is 3. The summed E-state index contributed by atoms with van der Waals surface area (Å²) >= 11 is 0. The van der Waals surface area contributed by atoms with Gasteiger partial charge in [-0.2, -0.15) is 0 Å². The molecule has 2 aromatic heterocycles. The number of para-hydroxylation sites is 1. The van der Waals surface area contributed by atoms with E-state index >= 15 is 0 Å². The van der Waals surface area contributed by atoms with Crippen LogP contribution in [0.5, 0.6) is 11.5 Å². The molecule has 2 aromatic carbocycles. The van der Waals surface area contributed by atoms with Crippen molar-refractivity contribution in [3.8, 4) is 11.5 Å². The van der Waals surface area contributed by atoms with Crippen molar-refractivity contribution in [3.05, 3.63) is 83.6 Å². The van der Waals surface area contributed by atoms with E-state index in [0.717, 1.165) is 49.4 Å². The summed E-state index contributed by atoms with van der Waals surface area (Å²) < 4.78 is 0. The minimum atomic E-state index is 0.270. The standard InChI is InChI=1S/C24H23N5O2/c1-2-4-21-19(3-1)18(13-27-21)5-6-22-20-10-24-23(30-28-31-24)9-17(20)7-8-29(22)14-16-11-25-15-26-12-16/h1-4,9-13,15,22,27-28H,5-8,14H2. The van der Waals surface area contributed by atoms with Crippen molar-refractivity contribution in [2.24, 2.45) is 0 Å². The molecule has 0 spiro atoms. The number of hydrogen-bond acceptors (Lipinski definition) is 6. The monoisotopic (exact) mass is 413 g/mol. The quantitative estimate of drug-likeness (QED) is 0.517. The molecule has 2 N–H and O–H groups in total. The van der Waals surface area contributed by atoms with Gasteiger partial charge in [0.1, 0.15) is 6.33 Å². The summed E-state index contributed by atoms with van der Waals surface area (Å²) in [4.78, 5) is 25.2. The smallest absolute Gasteiger partial charge is 0.196 e. The summed E-state index contributed by atoms with van der Waals surface area (Å²) in [6.45, 7) is 1.80. The molecule has 7 nitrogen and oxygen atoms in total. The van der Waals surface area contributed by atoms with E-state index < -0.39 is 0 Å². The Morgan fingerprint density at radius 1 is 1.06 bits per heavy atom.